The van der Waals surface area contributed by atoms with Crippen LogP contribution >= 0.6 is 23.8 Å². The molecule has 34 heavy (non-hydrogen) atoms. The van der Waals surface area contributed by atoms with Crippen molar-refractivity contribution in [1.29, 1.82) is 0 Å². The molecule has 0 spiro atoms. The Morgan fingerprint density at radius 2 is 1.76 bits per heavy atom. The molecule has 0 bridgehead atoms. The Kier molecular flexibility index (Phi) is 7.74. The van der Waals surface area contributed by atoms with Gasteiger partial charge >= 0.3 is 0 Å². The van der Waals surface area contributed by atoms with Gasteiger partial charge in [-0.2, -0.15) is 0 Å². The molecule has 1 fully saturated rings. The number of halogens is 1. The second-order valence-corrected chi connectivity index (χ2v) is 8.89. The minimum atomic E-state index is -0.360. The van der Waals surface area contributed by atoms with Crippen LogP contribution in [-0.2, 0) is 4.79 Å². The number of carbonyl (C=O) groups is 2. The van der Waals surface area contributed by atoms with Crippen molar-refractivity contribution in [2.24, 2.45) is 0 Å². The zero-order valence-corrected chi connectivity index (χ0v) is 20.5. The van der Waals surface area contributed by atoms with Crippen LogP contribution in [0.25, 0.3) is 0 Å². The first-order valence-corrected chi connectivity index (χ1v) is 12.1. The highest BCUT2D eigenvalue weighted by Crippen LogP contribution is 2.32. The summed E-state index contributed by atoms with van der Waals surface area (Å²) in [5, 5.41) is 6.51. The van der Waals surface area contributed by atoms with Crippen LogP contribution in [0.4, 0.5) is 11.4 Å². The zero-order valence-electron chi connectivity index (χ0n) is 18.9. The maximum Gasteiger partial charge on any atom is 0.257 e. The molecule has 10 heteroatoms. The molecule has 1 saturated heterocycles. The molecule has 8 nitrogen and oxygen atoms in total. The van der Waals surface area contributed by atoms with Gasteiger partial charge in [0.25, 0.3) is 5.91 Å². The van der Waals surface area contributed by atoms with E-state index in [0.29, 0.717) is 73.6 Å². The van der Waals surface area contributed by atoms with E-state index in [1.165, 1.54) is 0 Å². The monoisotopic (exact) mass is 502 g/mol. The van der Waals surface area contributed by atoms with Gasteiger partial charge in [-0.15, -0.1) is 0 Å². The molecule has 0 atom stereocenters. The van der Waals surface area contributed by atoms with E-state index in [1.807, 2.05) is 24.0 Å². The second-order valence-electron chi connectivity index (χ2n) is 8.05. The number of hydrogen-bond acceptors (Lipinski definition) is 6. The maximum atomic E-state index is 12.7. The van der Waals surface area contributed by atoms with Crippen molar-refractivity contribution in [2.75, 3.05) is 49.6 Å². The van der Waals surface area contributed by atoms with E-state index >= 15 is 0 Å². The van der Waals surface area contributed by atoms with Gasteiger partial charge in [0.1, 0.15) is 13.2 Å². The van der Waals surface area contributed by atoms with E-state index in [9.17, 15) is 9.59 Å². The average Bonchev–Trinajstić information content (AvgIpc) is 2.84. The maximum absolute atomic E-state index is 12.7. The van der Waals surface area contributed by atoms with Crippen molar-refractivity contribution in [3.8, 4) is 11.5 Å². The Labute approximate surface area is 209 Å². The number of thiocarbonyl (C=S) groups is 1. The fourth-order valence-electron chi connectivity index (χ4n) is 3.97. The summed E-state index contributed by atoms with van der Waals surface area (Å²) < 4.78 is 11.0. The summed E-state index contributed by atoms with van der Waals surface area (Å²) in [6.07, 6.45) is 1.42. The summed E-state index contributed by atoms with van der Waals surface area (Å²) in [5.74, 6) is 0.982. The first kappa shape index (κ1) is 24.1. The quantitative estimate of drug-likeness (QED) is 0.603. The summed E-state index contributed by atoms with van der Waals surface area (Å²) in [6, 6.07) is 10.5. The Bertz CT molecular complexity index is 1090. The predicted molar refractivity (Wildman–Crippen MR) is 136 cm³/mol. The largest absolute Gasteiger partial charge is 0.486 e. The molecule has 0 aliphatic carbocycles. The SMILES string of the molecule is CCCC(=O)N1CCN(c2ccc(Cl)cc2NC(=S)NC(=O)c2ccc3c(c2)OCCO3)CC1. The zero-order chi connectivity index (χ0) is 24.1. The van der Waals surface area contributed by atoms with Crippen molar-refractivity contribution in [3.63, 3.8) is 0 Å². The smallest absolute Gasteiger partial charge is 0.257 e. The minimum absolute atomic E-state index is 0.153. The molecule has 2 aromatic rings. The number of piperazine rings is 1. The standard InChI is InChI=1S/C24H27ClN4O4S/c1-2-3-22(30)29-10-8-28(9-11-29)19-6-5-17(25)15-18(19)26-24(34)27-23(31)16-4-7-20-21(14-16)33-13-12-32-20/h4-7,14-15H,2-3,8-13H2,1H3,(H2,26,27,31,34). The van der Waals surface area contributed by atoms with Gasteiger partial charge in [0.05, 0.1) is 11.4 Å². The van der Waals surface area contributed by atoms with E-state index < -0.39 is 0 Å². The molecule has 0 saturated carbocycles. The lowest BCUT2D eigenvalue weighted by Crippen LogP contribution is -2.49. The number of amides is 2. The van der Waals surface area contributed by atoms with Gasteiger partial charge in [-0.25, -0.2) is 0 Å². The lowest BCUT2D eigenvalue weighted by molar-refractivity contribution is -0.131. The van der Waals surface area contributed by atoms with Crippen LogP contribution in [0.15, 0.2) is 36.4 Å². The van der Waals surface area contributed by atoms with E-state index in [2.05, 4.69) is 15.5 Å². The van der Waals surface area contributed by atoms with Gasteiger partial charge in [-0.3, -0.25) is 14.9 Å². The van der Waals surface area contributed by atoms with Gasteiger partial charge in [0.2, 0.25) is 5.91 Å². The molecule has 0 radical (unpaired) electrons. The number of nitrogens with zero attached hydrogens (tertiary/aromatic N) is 2. The number of fused-ring (bicyclic) bond motifs is 1. The Balaban J connectivity index is 1.41. The number of benzene rings is 2. The summed E-state index contributed by atoms with van der Waals surface area (Å²) >= 11 is 11.6. The van der Waals surface area contributed by atoms with E-state index in [0.717, 1.165) is 12.1 Å². The molecule has 180 valence electrons. The molecule has 2 N–H and O–H groups in total. The fourth-order valence-corrected chi connectivity index (χ4v) is 4.34. The van der Waals surface area contributed by atoms with E-state index in [4.69, 9.17) is 33.3 Å². The van der Waals surface area contributed by atoms with Crippen molar-refractivity contribution in [3.05, 3.63) is 47.0 Å². The molecule has 0 unspecified atom stereocenters. The highest BCUT2D eigenvalue weighted by molar-refractivity contribution is 7.80. The van der Waals surface area contributed by atoms with Crippen molar-refractivity contribution < 1.29 is 19.1 Å². The summed E-state index contributed by atoms with van der Waals surface area (Å²) in [5.41, 5.74) is 2.00. The minimum Gasteiger partial charge on any atom is -0.486 e. The molecular weight excluding hydrogens is 476 g/mol. The summed E-state index contributed by atoms with van der Waals surface area (Å²) in [4.78, 5) is 29.0. The molecule has 2 aliphatic rings. The van der Waals surface area contributed by atoms with E-state index in [-0.39, 0.29) is 16.9 Å². The third-order valence-electron chi connectivity index (χ3n) is 5.68. The molecule has 0 aromatic heterocycles. The van der Waals surface area contributed by atoms with Gasteiger partial charge < -0.3 is 24.6 Å². The summed E-state index contributed by atoms with van der Waals surface area (Å²) in [6.45, 7) is 5.65. The van der Waals surface area contributed by atoms with Crippen LogP contribution in [0.1, 0.15) is 30.1 Å². The number of nitrogens with one attached hydrogen (secondary N) is 2. The van der Waals surface area contributed by atoms with Crippen LogP contribution in [0.2, 0.25) is 5.02 Å². The fraction of sp³-hybridized carbons (Fsp3) is 0.375. The van der Waals surface area contributed by atoms with Crippen LogP contribution < -0.4 is 25.0 Å². The lowest BCUT2D eigenvalue weighted by Gasteiger charge is -2.37. The molecule has 4 rings (SSSR count). The number of ether oxygens (including phenoxy) is 2. The number of carbonyl (C=O) groups excluding carboxylic acids is 2. The molecule has 2 amide bonds. The van der Waals surface area contributed by atoms with Crippen molar-refractivity contribution in [1.82, 2.24) is 10.2 Å². The predicted octanol–water partition coefficient (Wildman–Crippen LogP) is 3.69. The van der Waals surface area contributed by atoms with Crippen molar-refractivity contribution >= 4 is 52.1 Å². The topological polar surface area (TPSA) is 83.1 Å². The normalized spacial score (nSPS) is 15.0. The van der Waals surface area contributed by atoms with Gasteiger partial charge in [0, 0.05) is 43.2 Å². The third-order valence-corrected chi connectivity index (χ3v) is 6.11. The van der Waals surface area contributed by atoms with Gasteiger partial charge in [-0.05, 0) is 55.0 Å². The second kappa shape index (κ2) is 10.9. The summed E-state index contributed by atoms with van der Waals surface area (Å²) in [7, 11) is 0. The Morgan fingerprint density at radius 1 is 1.03 bits per heavy atom. The molecule has 2 heterocycles. The molecule has 2 aromatic carbocycles. The molecule has 2 aliphatic heterocycles. The highest BCUT2D eigenvalue weighted by atomic mass is 35.5. The first-order valence-electron chi connectivity index (χ1n) is 11.3. The van der Waals surface area contributed by atoms with Crippen LogP contribution in [0.5, 0.6) is 11.5 Å². The number of rotatable bonds is 5. The first-order chi connectivity index (χ1) is 16.4. The number of hydrogen-bond donors (Lipinski definition) is 2. The Hall–Kier alpha value is -3.04. The van der Waals surface area contributed by atoms with Gasteiger partial charge in [-0.1, -0.05) is 18.5 Å². The van der Waals surface area contributed by atoms with E-state index in [1.54, 1.807) is 24.3 Å². The van der Waals surface area contributed by atoms with Gasteiger partial charge in [0.15, 0.2) is 16.6 Å². The third kappa shape index (κ3) is 5.71. The highest BCUT2D eigenvalue weighted by Gasteiger charge is 2.23. The van der Waals surface area contributed by atoms with Crippen LogP contribution in [-0.4, -0.2) is 61.2 Å². The van der Waals surface area contributed by atoms with Crippen molar-refractivity contribution in [2.45, 2.75) is 19.8 Å². The number of anilines is 2. The van der Waals surface area contributed by atoms with Crippen LogP contribution in [0, 0.1) is 0 Å². The Morgan fingerprint density at radius 3 is 2.50 bits per heavy atom. The molecular formula is C24H27ClN4O4S. The van der Waals surface area contributed by atoms with Crippen LogP contribution in [0.3, 0.4) is 0 Å². The lowest BCUT2D eigenvalue weighted by atomic mass is 10.2. The average molecular weight is 503 g/mol.